The minimum atomic E-state index is 0.339. The molecule has 2 heterocycles. The van der Waals surface area contributed by atoms with Crippen molar-refractivity contribution in [3.63, 3.8) is 0 Å². The van der Waals surface area contributed by atoms with Crippen LogP contribution in [0, 0.1) is 11.3 Å². The van der Waals surface area contributed by atoms with Gasteiger partial charge in [0.2, 0.25) is 5.88 Å². The topological polar surface area (TPSA) is 75.8 Å². The van der Waals surface area contributed by atoms with Crippen molar-refractivity contribution < 1.29 is 4.74 Å². The van der Waals surface area contributed by atoms with E-state index in [1.165, 1.54) is 7.11 Å². The number of pyridine rings is 1. The molecule has 1 N–H and O–H groups in total. The van der Waals surface area contributed by atoms with Crippen molar-refractivity contribution in [2.75, 3.05) is 12.4 Å². The molecule has 2 aromatic rings. The highest BCUT2D eigenvalue weighted by Crippen LogP contribution is 2.18. The van der Waals surface area contributed by atoms with Crippen LogP contribution in [0.3, 0.4) is 0 Å². The fourth-order valence-corrected chi connectivity index (χ4v) is 1.76. The normalized spacial score (nSPS) is 9.95. The van der Waals surface area contributed by atoms with Crippen LogP contribution in [0.2, 0.25) is 0 Å². The van der Waals surface area contributed by atoms with Crippen molar-refractivity contribution in [3.8, 4) is 11.9 Å². The van der Waals surface area contributed by atoms with Gasteiger partial charge < -0.3 is 14.6 Å². The van der Waals surface area contributed by atoms with Crippen LogP contribution in [-0.2, 0) is 13.1 Å². The van der Waals surface area contributed by atoms with E-state index < -0.39 is 0 Å². The number of nitrogens with one attached hydrogen (secondary N) is 1. The van der Waals surface area contributed by atoms with Crippen molar-refractivity contribution >= 4 is 5.69 Å². The van der Waals surface area contributed by atoms with Crippen molar-refractivity contribution in [3.05, 3.63) is 36.0 Å². The first kappa shape index (κ1) is 12.9. The Kier molecular flexibility index (Phi) is 3.98. The lowest BCUT2D eigenvalue weighted by molar-refractivity contribution is 0.396. The number of aryl methyl sites for hydroxylation is 1. The minimum absolute atomic E-state index is 0.339. The molecule has 98 valence electrons. The highest BCUT2D eigenvalue weighted by atomic mass is 16.5. The van der Waals surface area contributed by atoms with Gasteiger partial charge in [-0.2, -0.15) is 5.26 Å². The van der Waals surface area contributed by atoms with Gasteiger partial charge in [-0.3, -0.25) is 0 Å². The molecule has 6 nitrogen and oxygen atoms in total. The number of nitrogens with zero attached hydrogens (tertiary/aromatic N) is 4. The number of hydrogen-bond acceptors (Lipinski definition) is 5. The van der Waals surface area contributed by atoms with Crippen LogP contribution < -0.4 is 10.1 Å². The Bertz CT molecular complexity index is 599. The Morgan fingerprint density at radius 3 is 3.00 bits per heavy atom. The molecule has 0 aliphatic carbocycles. The number of nitriles is 1. The Morgan fingerprint density at radius 1 is 1.47 bits per heavy atom. The lowest BCUT2D eigenvalue weighted by Crippen LogP contribution is -2.06. The summed E-state index contributed by atoms with van der Waals surface area (Å²) in [5.41, 5.74) is 2.27. The number of rotatable bonds is 5. The van der Waals surface area contributed by atoms with Gasteiger partial charge in [0.25, 0.3) is 0 Å². The van der Waals surface area contributed by atoms with Gasteiger partial charge >= 0.3 is 0 Å². The van der Waals surface area contributed by atoms with Gasteiger partial charge in [0, 0.05) is 12.7 Å². The van der Waals surface area contributed by atoms with E-state index in [1.807, 2.05) is 6.20 Å². The minimum Gasteiger partial charge on any atom is -0.480 e. The van der Waals surface area contributed by atoms with Crippen LogP contribution in [0.1, 0.15) is 18.2 Å². The average molecular weight is 257 g/mol. The summed E-state index contributed by atoms with van der Waals surface area (Å²) in [5, 5.41) is 12.2. The molecule has 0 unspecified atom stereocenters. The SMILES string of the molecule is CCn1cncc1CNc1cnc(OC)c(C#N)c1. The quantitative estimate of drug-likeness (QED) is 0.883. The lowest BCUT2D eigenvalue weighted by Gasteiger charge is -2.09. The van der Waals surface area contributed by atoms with Gasteiger partial charge in [-0.1, -0.05) is 0 Å². The zero-order valence-electron chi connectivity index (χ0n) is 10.9. The van der Waals surface area contributed by atoms with Gasteiger partial charge in [0.15, 0.2) is 0 Å². The van der Waals surface area contributed by atoms with Crippen molar-refractivity contribution in [2.45, 2.75) is 20.0 Å². The molecule has 0 atom stereocenters. The van der Waals surface area contributed by atoms with Crippen molar-refractivity contribution in [2.24, 2.45) is 0 Å². The van der Waals surface area contributed by atoms with E-state index in [1.54, 1.807) is 18.6 Å². The Balaban J connectivity index is 2.10. The molecule has 0 spiro atoms. The van der Waals surface area contributed by atoms with Crippen LogP contribution in [0.5, 0.6) is 5.88 Å². The fourth-order valence-electron chi connectivity index (χ4n) is 1.76. The third kappa shape index (κ3) is 2.83. The molecule has 0 aliphatic heterocycles. The highest BCUT2D eigenvalue weighted by Gasteiger charge is 2.06. The molecule has 19 heavy (non-hydrogen) atoms. The third-order valence-corrected chi connectivity index (χ3v) is 2.78. The lowest BCUT2D eigenvalue weighted by atomic mass is 10.2. The molecule has 0 saturated heterocycles. The smallest absolute Gasteiger partial charge is 0.231 e. The second-order valence-corrected chi connectivity index (χ2v) is 3.92. The number of methoxy groups -OCH3 is 1. The third-order valence-electron chi connectivity index (χ3n) is 2.78. The largest absolute Gasteiger partial charge is 0.480 e. The molecule has 2 rings (SSSR count). The maximum absolute atomic E-state index is 9.00. The molecule has 2 aromatic heterocycles. The summed E-state index contributed by atoms with van der Waals surface area (Å²) in [6.45, 7) is 3.57. The van der Waals surface area contributed by atoms with Crippen LogP contribution in [0.25, 0.3) is 0 Å². The number of anilines is 1. The number of aromatic nitrogens is 3. The van der Waals surface area contributed by atoms with Gasteiger partial charge in [-0.05, 0) is 13.0 Å². The summed E-state index contributed by atoms with van der Waals surface area (Å²) in [5.74, 6) is 0.339. The molecule has 6 heteroatoms. The molecule has 0 fully saturated rings. The van der Waals surface area contributed by atoms with Gasteiger partial charge in [-0.15, -0.1) is 0 Å². The molecule has 0 bridgehead atoms. The predicted molar refractivity (Wildman–Crippen MR) is 70.7 cm³/mol. The molecule has 0 radical (unpaired) electrons. The second kappa shape index (κ2) is 5.87. The van der Waals surface area contributed by atoms with E-state index in [0.29, 0.717) is 18.0 Å². The van der Waals surface area contributed by atoms with Crippen molar-refractivity contribution in [1.29, 1.82) is 5.26 Å². The van der Waals surface area contributed by atoms with Gasteiger partial charge in [0.1, 0.15) is 11.6 Å². The second-order valence-electron chi connectivity index (χ2n) is 3.92. The highest BCUT2D eigenvalue weighted by molar-refractivity contribution is 5.51. The molecule has 0 aromatic carbocycles. The van der Waals surface area contributed by atoms with E-state index >= 15 is 0 Å². The van der Waals surface area contributed by atoms with Gasteiger partial charge in [0.05, 0.1) is 37.6 Å². The first-order valence-corrected chi connectivity index (χ1v) is 5.95. The van der Waals surface area contributed by atoms with E-state index in [0.717, 1.165) is 17.9 Å². The average Bonchev–Trinajstić information content (AvgIpc) is 2.92. The van der Waals surface area contributed by atoms with Crippen molar-refractivity contribution in [1.82, 2.24) is 14.5 Å². The van der Waals surface area contributed by atoms with Gasteiger partial charge in [-0.25, -0.2) is 9.97 Å². The summed E-state index contributed by atoms with van der Waals surface area (Å²) >= 11 is 0. The predicted octanol–water partition coefficient (Wildman–Crippen LogP) is 1.79. The summed E-state index contributed by atoms with van der Waals surface area (Å²) < 4.78 is 7.05. The molecular weight excluding hydrogens is 242 g/mol. The first-order chi connectivity index (χ1) is 9.28. The summed E-state index contributed by atoms with van der Waals surface area (Å²) in [6.07, 6.45) is 5.26. The summed E-state index contributed by atoms with van der Waals surface area (Å²) in [4.78, 5) is 8.18. The Morgan fingerprint density at radius 2 is 2.32 bits per heavy atom. The van der Waals surface area contributed by atoms with Crippen LogP contribution >= 0.6 is 0 Å². The number of ether oxygens (including phenoxy) is 1. The summed E-state index contributed by atoms with van der Waals surface area (Å²) in [6, 6.07) is 3.78. The number of hydrogen-bond donors (Lipinski definition) is 1. The first-order valence-electron chi connectivity index (χ1n) is 5.95. The Labute approximate surface area is 111 Å². The van der Waals surface area contributed by atoms with Crippen LogP contribution in [0.4, 0.5) is 5.69 Å². The molecule has 0 amide bonds. The van der Waals surface area contributed by atoms with E-state index in [-0.39, 0.29) is 0 Å². The maximum Gasteiger partial charge on any atom is 0.231 e. The van der Waals surface area contributed by atoms with E-state index in [2.05, 4.69) is 32.8 Å². The summed E-state index contributed by atoms with van der Waals surface area (Å²) in [7, 11) is 1.50. The molecule has 0 saturated carbocycles. The molecular formula is C13H15N5O. The standard InChI is InChI=1S/C13H15N5O/c1-3-18-9-15-7-12(18)8-16-11-4-10(5-14)13(19-2)17-6-11/h4,6-7,9,16H,3,8H2,1-2H3. The Hall–Kier alpha value is -2.55. The zero-order chi connectivity index (χ0) is 13.7. The molecule has 0 aliphatic rings. The van der Waals surface area contributed by atoms with Crippen LogP contribution in [0.15, 0.2) is 24.8 Å². The monoisotopic (exact) mass is 257 g/mol. The van der Waals surface area contributed by atoms with Crippen LogP contribution in [-0.4, -0.2) is 21.6 Å². The van der Waals surface area contributed by atoms with E-state index in [4.69, 9.17) is 10.00 Å². The van der Waals surface area contributed by atoms with E-state index in [9.17, 15) is 0 Å². The fraction of sp³-hybridized carbons (Fsp3) is 0.308. The number of imidazole rings is 1. The zero-order valence-corrected chi connectivity index (χ0v) is 10.9. The maximum atomic E-state index is 9.00.